The Hall–Kier alpha value is -3.32. The summed E-state index contributed by atoms with van der Waals surface area (Å²) in [6.45, 7) is 1.44. The van der Waals surface area contributed by atoms with Crippen LogP contribution >= 0.6 is 11.6 Å². The molecule has 1 aliphatic heterocycles. The fourth-order valence-corrected chi connectivity index (χ4v) is 5.77. The van der Waals surface area contributed by atoms with Crippen molar-refractivity contribution >= 4 is 75.7 Å². The standard InChI is InChI=1S/C20H15ClN4O10S3/c1-10-19(20(26)25(24-10)16-5-3-2-4-14(16)21)23-22-15-9-13-11(7-18(15)38(33,34)35)6-12(36(27,28)29)8-17(13)37(30,31)32/h2-9,19H,1H3,(H,27,28,29)(H,30,31,32)(H,33,34,35). The summed E-state index contributed by atoms with van der Waals surface area (Å²) in [5.41, 5.74) is -0.265. The van der Waals surface area contributed by atoms with E-state index >= 15 is 0 Å². The number of hydrogen-bond donors (Lipinski definition) is 3. The second kappa shape index (κ2) is 9.45. The molecule has 3 N–H and O–H groups in total. The van der Waals surface area contributed by atoms with Crippen molar-refractivity contribution in [3.63, 3.8) is 0 Å². The van der Waals surface area contributed by atoms with Gasteiger partial charge in [0.1, 0.15) is 15.5 Å². The summed E-state index contributed by atoms with van der Waals surface area (Å²) in [6, 6.07) is 7.56. The van der Waals surface area contributed by atoms with Gasteiger partial charge in [0.2, 0.25) is 0 Å². The molecule has 0 radical (unpaired) electrons. The smallest absolute Gasteiger partial charge is 0.282 e. The number of anilines is 1. The molecule has 1 heterocycles. The third-order valence-electron chi connectivity index (χ3n) is 5.28. The molecule has 1 aliphatic rings. The molecule has 0 aromatic heterocycles. The number of hydrazone groups is 1. The minimum atomic E-state index is -5.12. The molecular formula is C20H15ClN4O10S3. The number of nitrogens with zero attached hydrogens (tertiary/aromatic N) is 4. The molecule has 200 valence electrons. The quantitative estimate of drug-likeness (QED) is 0.276. The highest BCUT2D eigenvalue weighted by Gasteiger charge is 2.36. The van der Waals surface area contributed by atoms with Crippen LogP contribution in [0.2, 0.25) is 5.02 Å². The number of hydrogen-bond acceptors (Lipinski definition) is 10. The van der Waals surface area contributed by atoms with Crippen molar-refractivity contribution in [2.24, 2.45) is 15.3 Å². The van der Waals surface area contributed by atoms with E-state index in [1.54, 1.807) is 12.1 Å². The van der Waals surface area contributed by atoms with Gasteiger partial charge < -0.3 is 0 Å². The van der Waals surface area contributed by atoms with Crippen molar-refractivity contribution in [2.45, 2.75) is 27.7 Å². The topological polar surface area (TPSA) is 220 Å². The van der Waals surface area contributed by atoms with Gasteiger partial charge in [0, 0.05) is 5.39 Å². The zero-order valence-corrected chi connectivity index (χ0v) is 22.0. The molecule has 0 spiro atoms. The molecule has 1 amide bonds. The summed E-state index contributed by atoms with van der Waals surface area (Å²) in [5, 5.41) is 12.0. The Labute approximate surface area is 220 Å². The lowest BCUT2D eigenvalue weighted by Gasteiger charge is -2.14. The molecule has 0 fully saturated rings. The zero-order valence-electron chi connectivity index (χ0n) is 18.8. The Balaban J connectivity index is 1.88. The van der Waals surface area contributed by atoms with Crippen molar-refractivity contribution in [3.8, 4) is 0 Å². The fourth-order valence-electron chi connectivity index (χ4n) is 3.57. The maximum Gasteiger partial charge on any atom is 0.296 e. The van der Waals surface area contributed by atoms with Gasteiger partial charge in [-0.15, -0.1) is 0 Å². The van der Waals surface area contributed by atoms with Crippen LogP contribution in [-0.4, -0.2) is 56.6 Å². The predicted molar refractivity (Wildman–Crippen MR) is 134 cm³/mol. The normalized spacial score (nSPS) is 17.0. The molecule has 0 saturated carbocycles. The van der Waals surface area contributed by atoms with E-state index in [1.807, 2.05) is 0 Å². The van der Waals surface area contributed by atoms with Gasteiger partial charge in [0.15, 0.2) is 6.04 Å². The van der Waals surface area contributed by atoms with Crippen LogP contribution in [0, 0.1) is 0 Å². The van der Waals surface area contributed by atoms with Gasteiger partial charge in [-0.05, 0) is 48.7 Å². The second-order valence-corrected chi connectivity index (χ2v) is 12.5. The first-order valence-corrected chi connectivity index (χ1v) is 14.8. The largest absolute Gasteiger partial charge is 0.296 e. The molecule has 4 rings (SSSR count). The second-order valence-electron chi connectivity index (χ2n) is 7.85. The van der Waals surface area contributed by atoms with E-state index in [0.29, 0.717) is 18.2 Å². The van der Waals surface area contributed by atoms with E-state index in [2.05, 4.69) is 15.3 Å². The van der Waals surface area contributed by atoms with E-state index in [0.717, 1.165) is 11.1 Å². The summed E-state index contributed by atoms with van der Waals surface area (Å²) in [4.78, 5) is 10.0. The summed E-state index contributed by atoms with van der Waals surface area (Å²) >= 11 is 6.12. The van der Waals surface area contributed by atoms with Crippen LogP contribution in [0.4, 0.5) is 11.4 Å². The lowest BCUT2D eigenvalue weighted by atomic mass is 10.1. The number of azo groups is 1. The van der Waals surface area contributed by atoms with Crippen molar-refractivity contribution < 1.29 is 43.7 Å². The van der Waals surface area contributed by atoms with E-state index < -0.39 is 73.4 Å². The van der Waals surface area contributed by atoms with Crippen molar-refractivity contribution in [2.75, 3.05) is 5.01 Å². The van der Waals surface area contributed by atoms with Gasteiger partial charge in [-0.1, -0.05) is 23.7 Å². The van der Waals surface area contributed by atoms with Crippen LogP contribution in [0.3, 0.4) is 0 Å². The summed E-state index contributed by atoms with van der Waals surface area (Å²) in [6.07, 6.45) is 0. The van der Waals surface area contributed by atoms with E-state index in [9.17, 15) is 43.7 Å². The molecule has 0 saturated heterocycles. The third kappa shape index (κ3) is 5.30. The summed E-state index contributed by atoms with van der Waals surface area (Å²) in [5.74, 6) is -0.704. The number of carbonyl (C=O) groups excluding carboxylic acids is 1. The SMILES string of the molecule is CC1=NN(c2ccccc2Cl)C(=O)C1N=Nc1cc2c(S(=O)(=O)O)cc(S(=O)(=O)O)cc2cc1S(=O)(=O)O. The molecule has 38 heavy (non-hydrogen) atoms. The molecule has 18 heteroatoms. The van der Waals surface area contributed by atoms with Crippen molar-refractivity contribution in [1.82, 2.24) is 0 Å². The summed E-state index contributed by atoms with van der Waals surface area (Å²) in [7, 11) is -15.2. The van der Waals surface area contributed by atoms with Crippen LogP contribution in [0.15, 0.2) is 78.5 Å². The Kier molecular flexibility index (Phi) is 6.89. The average Bonchev–Trinajstić information content (AvgIpc) is 3.07. The van der Waals surface area contributed by atoms with E-state index in [-0.39, 0.29) is 16.4 Å². The number of para-hydroxylation sites is 1. The number of rotatable bonds is 6. The highest BCUT2D eigenvalue weighted by molar-refractivity contribution is 7.87. The monoisotopic (exact) mass is 602 g/mol. The van der Waals surface area contributed by atoms with Crippen molar-refractivity contribution in [1.29, 1.82) is 0 Å². The first-order chi connectivity index (χ1) is 17.5. The molecule has 3 aromatic carbocycles. The Bertz CT molecular complexity index is 1910. The lowest BCUT2D eigenvalue weighted by Crippen LogP contribution is -2.29. The number of carbonyl (C=O) groups is 1. The molecule has 1 atom stereocenters. The molecule has 0 bridgehead atoms. The van der Waals surface area contributed by atoms with Gasteiger partial charge in [-0.25, -0.2) is 0 Å². The Morgan fingerprint density at radius 2 is 1.53 bits per heavy atom. The highest BCUT2D eigenvalue weighted by atomic mass is 35.5. The molecular weight excluding hydrogens is 588 g/mol. The number of amides is 1. The maximum absolute atomic E-state index is 12.9. The van der Waals surface area contributed by atoms with Gasteiger partial charge >= 0.3 is 0 Å². The molecule has 1 unspecified atom stereocenters. The first-order valence-electron chi connectivity index (χ1n) is 10.1. The van der Waals surface area contributed by atoms with Gasteiger partial charge in [-0.2, -0.15) is 45.6 Å². The number of fused-ring (bicyclic) bond motifs is 1. The average molecular weight is 603 g/mol. The Morgan fingerprint density at radius 3 is 2.11 bits per heavy atom. The number of benzene rings is 3. The zero-order chi connectivity index (χ0) is 28.2. The Morgan fingerprint density at radius 1 is 0.895 bits per heavy atom. The van der Waals surface area contributed by atoms with Gasteiger partial charge in [-0.3, -0.25) is 18.5 Å². The maximum atomic E-state index is 12.9. The van der Waals surface area contributed by atoms with Gasteiger partial charge in [0.05, 0.1) is 21.3 Å². The van der Waals surface area contributed by atoms with Crippen LogP contribution in [0.5, 0.6) is 0 Å². The molecule has 0 aliphatic carbocycles. The summed E-state index contributed by atoms with van der Waals surface area (Å²) < 4.78 is 99.9. The van der Waals surface area contributed by atoms with Crippen LogP contribution in [-0.2, 0) is 35.1 Å². The van der Waals surface area contributed by atoms with E-state index in [1.165, 1.54) is 19.1 Å². The van der Waals surface area contributed by atoms with Crippen LogP contribution in [0.1, 0.15) is 6.92 Å². The number of halogens is 1. The van der Waals surface area contributed by atoms with E-state index in [4.69, 9.17) is 11.6 Å². The highest BCUT2D eigenvalue weighted by Crippen LogP contribution is 2.36. The van der Waals surface area contributed by atoms with Crippen LogP contribution < -0.4 is 5.01 Å². The lowest BCUT2D eigenvalue weighted by molar-refractivity contribution is -0.117. The minimum absolute atomic E-state index is 0.143. The molecule has 14 nitrogen and oxygen atoms in total. The molecule has 3 aromatic rings. The third-order valence-corrected chi connectivity index (χ3v) is 8.21. The first kappa shape index (κ1) is 27.7. The van der Waals surface area contributed by atoms with Crippen molar-refractivity contribution in [3.05, 3.63) is 53.6 Å². The van der Waals surface area contributed by atoms with Gasteiger partial charge in [0.25, 0.3) is 36.3 Å². The fraction of sp³-hybridized carbons (Fsp3) is 0.100. The van der Waals surface area contributed by atoms with Crippen LogP contribution in [0.25, 0.3) is 10.8 Å². The predicted octanol–water partition coefficient (Wildman–Crippen LogP) is 3.11. The minimum Gasteiger partial charge on any atom is -0.282 e.